The number of carbonyl (C=O) groups is 1. The quantitative estimate of drug-likeness (QED) is 0.387. The summed E-state index contributed by atoms with van der Waals surface area (Å²) >= 11 is 0. The Labute approximate surface area is 137 Å². The van der Waals surface area contributed by atoms with Gasteiger partial charge in [0.1, 0.15) is 5.75 Å². The number of hydrogen-bond donors (Lipinski definition) is 3. The summed E-state index contributed by atoms with van der Waals surface area (Å²) in [5.41, 5.74) is 11.4. The third kappa shape index (κ3) is 3.27. The van der Waals surface area contributed by atoms with Gasteiger partial charge in [0.05, 0.1) is 12.5 Å². The average Bonchev–Trinajstić information content (AvgIpc) is 3.01. The van der Waals surface area contributed by atoms with E-state index < -0.39 is 6.03 Å². The number of aliphatic imine (C=N–C) groups is 1. The van der Waals surface area contributed by atoms with Crippen molar-refractivity contribution in [3.63, 3.8) is 0 Å². The Morgan fingerprint density at radius 2 is 1.92 bits per heavy atom. The van der Waals surface area contributed by atoms with Crippen LogP contribution in [0.3, 0.4) is 0 Å². The van der Waals surface area contributed by atoms with Crippen LogP contribution < -0.4 is 21.3 Å². The van der Waals surface area contributed by atoms with Crippen LogP contribution in [0.2, 0.25) is 0 Å². The number of rotatable bonds is 3. The van der Waals surface area contributed by atoms with Gasteiger partial charge in [-0.05, 0) is 36.4 Å². The Bertz CT molecular complexity index is 886. The second-order valence-corrected chi connectivity index (χ2v) is 4.81. The van der Waals surface area contributed by atoms with Crippen molar-refractivity contribution < 1.29 is 14.1 Å². The first-order chi connectivity index (χ1) is 11.7. The Morgan fingerprint density at radius 3 is 2.62 bits per heavy atom. The number of hydrogen-bond acceptors (Lipinski definition) is 5. The molecule has 24 heavy (non-hydrogen) atoms. The summed E-state index contributed by atoms with van der Waals surface area (Å²) in [5, 5.41) is 4.70. The van der Waals surface area contributed by atoms with Crippen molar-refractivity contribution in [2.24, 2.45) is 10.7 Å². The summed E-state index contributed by atoms with van der Waals surface area (Å²) < 4.78 is 10.4. The highest BCUT2D eigenvalue weighted by Gasteiger charge is 2.10. The number of benzene rings is 2. The normalized spacial score (nSPS) is 11.3. The molecular weight excluding hydrogens is 310 g/mol. The minimum atomic E-state index is -0.735. The van der Waals surface area contributed by atoms with Gasteiger partial charge < -0.3 is 15.0 Å². The van der Waals surface area contributed by atoms with E-state index in [9.17, 15) is 4.79 Å². The molecule has 0 radical (unpaired) electrons. The lowest BCUT2D eigenvalue weighted by Crippen LogP contribution is -2.44. The zero-order chi connectivity index (χ0) is 16.9. The van der Waals surface area contributed by atoms with E-state index >= 15 is 0 Å². The molecule has 1 aromatic heterocycles. The molecule has 1 heterocycles. The molecule has 0 spiro atoms. The Kier molecular flexibility index (Phi) is 4.28. The topological polar surface area (TPSA) is 115 Å². The highest BCUT2D eigenvalue weighted by Crippen LogP contribution is 2.25. The summed E-state index contributed by atoms with van der Waals surface area (Å²) in [7, 11) is 1.58. The summed E-state index contributed by atoms with van der Waals surface area (Å²) in [5.74, 6) is 1.44. The lowest BCUT2D eigenvalue weighted by atomic mass is 10.2. The minimum Gasteiger partial charge on any atom is -0.497 e. The molecule has 0 unspecified atom stereocenters. The largest absolute Gasteiger partial charge is 0.497 e. The number of para-hydroxylation sites is 1. The zero-order valence-corrected chi connectivity index (χ0v) is 12.8. The van der Waals surface area contributed by atoms with E-state index in [1.54, 1.807) is 37.4 Å². The molecule has 8 nitrogen and oxygen atoms in total. The third-order valence-corrected chi connectivity index (χ3v) is 3.24. The van der Waals surface area contributed by atoms with Crippen LogP contribution in [0.4, 0.5) is 10.6 Å². The number of nitrogens with two attached hydrogens (primary N) is 1. The number of urea groups is 1. The van der Waals surface area contributed by atoms with Gasteiger partial charge in [-0.2, -0.15) is 0 Å². The van der Waals surface area contributed by atoms with Crippen LogP contribution in [0.5, 0.6) is 5.75 Å². The standard InChI is InChI=1S/C16H15N5O3/c1-23-11-8-6-10(7-9-11)14(19-20-16(17)22)18-15-12-4-2-3-5-13(12)24-21-15/h2-9H,1H3,(H3,17,20,22)(H,18,19,21). The maximum atomic E-state index is 11.0. The average molecular weight is 325 g/mol. The molecule has 2 aromatic carbocycles. The van der Waals surface area contributed by atoms with Gasteiger partial charge in [-0.25, -0.2) is 9.79 Å². The summed E-state index contributed by atoms with van der Waals surface area (Å²) in [6.07, 6.45) is 0. The molecule has 0 bridgehead atoms. The van der Waals surface area contributed by atoms with Gasteiger partial charge in [0.2, 0.25) is 5.82 Å². The molecule has 0 aliphatic heterocycles. The fourth-order valence-corrected chi connectivity index (χ4v) is 2.09. The molecule has 0 saturated heterocycles. The highest BCUT2D eigenvalue weighted by molar-refractivity contribution is 6.02. The number of hydrazine groups is 1. The molecule has 0 atom stereocenters. The van der Waals surface area contributed by atoms with Crippen LogP contribution in [0.15, 0.2) is 58.0 Å². The molecule has 0 fully saturated rings. The van der Waals surface area contributed by atoms with Crippen molar-refractivity contribution in [1.82, 2.24) is 16.0 Å². The van der Waals surface area contributed by atoms with Crippen LogP contribution in [0.25, 0.3) is 11.0 Å². The Balaban J connectivity index is 2.00. The van der Waals surface area contributed by atoms with Gasteiger partial charge in [0.15, 0.2) is 11.4 Å². The first-order valence-corrected chi connectivity index (χ1v) is 7.06. The van der Waals surface area contributed by atoms with Gasteiger partial charge >= 0.3 is 6.03 Å². The number of primary amides is 1. The number of nitrogens with zero attached hydrogens (tertiary/aromatic N) is 2. The third-order valence-electron chi connectivity index (χ3n) is 3.24. The Morgan fingerprint density at radius 1 is 1.17 bits per heavy atom. The number of carbonyl (C=O) groups excluding carboxylic acids is 1. The summed E-state index contributed by atoms with van der Waals surface area (Å²) in [6.45, 7) is 0. The van der Waals surface area contributed by atoms with Gasteiger partial charge in [-0.3, -0.25) is 10.9 Å². The number of ether oxygens (including phenoxy) is 1. The molecule has 0 aliphatic rings. The van der Waals surface area contributed by atoms with E-state index in [0.717, 1.165) is 5.39 Å². The first-order valence-electron chi connectivity index (χ1n) is 7.06. The molecule has 3 rings (SSSR count). The number of nitrogens with one attached hydrogen (secondary N) is 2. The smallest absolute Gasteiger partial charge is 0.330 e. The maximum Gasteiger partial charge on any atom is 0.330 e. The predicted octanol–water partition coefficient (Wildman–Crippen LogP) is 2.09. The number of fused-ring (bicyclic) bond motifs is 1. The van der Waals surface area contributed by atoms with E-state index in [-0.39, 0.29) is 0 Å². The maximum absolute atomic E-state index is 11.0. The predicted molar refractivity (Wildman–Crippen MR) is 89.1 cm³/mol. The van der Waals surface area contributed by atoms with Crippen LogP contribution >= 0.6 is 0 Å². The van der Waals surface area contributed by atoms with Crippen molar-refractivity contribution >= 4 is 28.7 Å². The van der Waals surface area contributed by atoms with Crippen molar-refractivity contribution in [1.29, 1.82) is 0 Å². The molecule has 0 saturated carbocycles. The number of amides is 2. The zero-order valence-electron chi connectivity index (χ0n) is 12.8. The Hall–Kier alpha value is -3.55. The molecule has 8 heteroatoms. The van der Waals surface area contributed by atoms with Crippen molar-refractivity contribution in [3.05, 3.63) is 54.1 Å². The van der Waals surface area contributed by atoms with Gasteiger partial charge in [0, 0.05) is 5.56 Å². The minimum absolute atomic E-state index is 0.357. The highest BCUT2D eigenvalue weighted by atomic mass is 16.5. The van der Waals surface area contributed by atoms with Crippen molar-refractivity contribution in [2.45, 2.75) is 0 Å². The second-order valence-electron chi connectivity index (χ2n) is 4.81. The molecule has 4 N–H and O–H groups in total. The fraction of sp³-hybridized carbons (Fsp3) is 0.0625. The summed E-state index contributed by atoms with van der Waals surface area (Å²) in [4.78, 5) is 15.4. The lowest BCUT2D eigenvalue weighted by Gasteiger charge is -2.10. The van der Waals surface area contributed by atoms with E-state index in [1.807, 2.05) is 18.2 Å². The second kappa shape index (κ2) is 6.69. The van der Waals surface area contributed by atoms with Crippen molar-refractivity contribution in [2.75, 3.05) is 7.11 Å². The lowest BCUT2D eigenvalue weighted by molar-refractivity contribution is 0.247. The molecule has 3 aromatic rings. The van der Waals surface area contributed by atoms with E-state index in [1.165, 1.54) is 0 Å². The molecule has 122 valence electrons. The summed E-state index contributed by atoms with van der Waals surface area (Å²) in [6, 6.07) is 13.7. The van der Waals surface area contributed by atoms with Crippen LogP contribution in [-0.4, -0.2) is 24.1 Å². The molecule has 2 amide bonds. The van der Waals surface area contributed by atoms with Gasteiger partial charge in [-0.1, -0.05) is 17.3 Å². The van der Waals surface area contributed by atoms with Crippen LogP contribution in [-0.2, 0) is 0 Å². The fourth-order valence-electron chi connectivity index (χ4n) is 2.09. The van der Waals surface area contributed by atoms with Crippen LogP contribution in [0, 0.1) is 0 Å². The van der Waals surface area contributed by atoms with Crippen molar-refractivity contribution in [3.8, 4) is 5.75 Å². The molecular formula is C16H15N5O3. The monoisotopic (exact) mass is 325 g/mol. The number of methoxy groups -OCH3 is 1. The van der Waals surface area contributed by atoms with Gasteiger partial charge in [-0.15, -0.1) is 0 Å². The first kappa shape index (κ1) is 15.3. The van der Waals surface area contributed by atoms with Crippen LogP contribution in [0.1, 0.15) is 5.56 Å². The SMILES string of the molecule is COc1ccc(C(=Nc2noc3ccccc23)NNC(N)=O)cc1. The van der Waals surface area contributed by atoms with E-state index in [0.29, 0.717) is 28.5 Å². The molecule has 0 aliphatic carbocycles. The van der Waals surface area contributed by atoms with E-state index in [2.05, 4.69) is 21.0 Å². The van der Waals surface area contributed by atoms with E-state index in [4.69, 9.17) is 15.0 Å². The number of amidine groups is 1. The number of aromatic nitrogens is 1. The van der Waals surface area contributed by atoms with Gasteiger partial charge in [0.25, 0.3) is 0 Å².